The second-order valence-corrected chi connectivity index (χ2v) is 7.16. The highest BCUT2D eigenvalue weighted by Crippen LogP contribution is 2.32. The zero-order valence-corrected chi connectivity index (χ0v) is 13.9. The van der Waals surface area contributed by atoms with Crippen LogP contribution in [0.5, 0.6) is 0 Å². The van der Waals surface area contributed by atoms with Gasteiger partial charge < -0.3 is 5.32 Å². The monoisotopic (exact) mass is 323 g/mol. The van der Waals surface area contributed by atoms with Crippen molar-refractivity contribution in [2.75, 3.05) is 0 Å². The van der Waals surface area contributed by atoms with E-state index in [1.54, 1.807) is 0 Å². The lowest BCUT2D eigenvalue weighted by Gasteiger charge is -2.37. The van der Waals surface area contributed by atoms with Crippen LogP contribution in [0.1, 0.15) is 58.1 Å². The summed E-state index contributed by atoms with van der Waals surface area (Å²) in [7, 11) is 0. The minimum Gasteiger partial charge on any atom is -0.307 e. The lowest BCUT2D eigenvalue weighted by molar-refractivity contribution is 0.195. The van der Waals surface area contributed by atoms with Crippen LogP contribution < -0.4 is 5.32 Å². The van der Waals surface area contributed by atoms with Crippen LogP contribution in [0.25, 0.3) is 0 Å². The standard InChI is InChI=1S/C17H26BrN/c1-12(2)16-9-4-5-10-17(16)19-13(3)14-7-6-8-15(18)11-14/h6-8,11-13,16-17,19H,4-5,9-10H2,1-3H3/t13-,16?,17?/m1/s1. The van der Waals surface area contributed by atoms with Crippen LogP contribution in [0.15, 0.2) is 28.7 Å². The Bertz CT molecular complexity index is 402. The van der Waals surface area contributed by atoms with Crippen molar-refractivity contribution in [3.05, 3.63) is 34.3 Å². The van der Waals surface area contributed by atoms with Crippen LogP contribution >= 0.6 is 15.9 Å². The minimum atomic E-state index is 0.432. The molecule has 0 heterocycles. The van der Waals surface area contributed by atoms with E-state index in [0.717, 1.165) is 11.8 Å². The lowest BCUT2D eigenvalue weighted by atomic mass is 9.77. The molecule has 0 aromatic heterocycles. The van der Waals surface area contributed by atoms with Crippen molar-refractivity contribution >= 4 is 15.9 Å². The van der Waals surface area contributed by atoms with E-state index in [9.17, 15) is 0 Å². The second kappa shape index (κ2) is 6.90. The van der Waals surface area contributed by atoms with Crippen molar-refractivity contribution in [1.29, 1.82) is 0 Å². The molecule has 1 aromatic carbocycles. The minimum absolute atomic E-state index is 0.432. The maximum Gasteiger partial charge on any atom is 0.0294 e. The van der Waals surface area contributed by atoms with E-state index in [2.05, 4.69) is 66.3 Å². The molecule has 0 amide bonds. The fraction of sp³-hybridized carbons (Fsp3) is 0.647. The van der Waals surface area contributed by atoms with Crippen molar-refractivity contribution in [3.8, 4) is 0 Å². The third kappa shape index (κ3) is 4.06. The molecule has 1 aliphatic carbocycles. The van der Waals surface area contributed by atoms with Gasteiger partial charge in [0, 0.05) is 16.6 Å². The molecule has 3 atom stereocenters. The van der Waals surface area contributed by atoms with Gasteiger partial charge in [-0.1, -0.05) is 54.8 Å². The maximum atomic E-state index is 3.87. The number of benzene rings is 1. The van der Waals surface area contributed by atoms with E-state index in [1.165, 1.54) is 35.7 Å². The molecule has 0 bridgehead atoms. The molecule has 106 valence electrons. The highest BCUT2D eigenvalue weighted by Gasteiger charge is 2.28. The number of rotatable bonds is 4. The topological polar surface area (TPSA) is 12.0 Å². The van der Waals surface area contributed by atoms with Gasteiger partial charge >= 0.3 is 0 Å². The first-order valence-electron chi connectivity index (χ1n) is 7.59. The molecule has 19 heavy (non-hydrogen) atoms. The Balaban J connectivity index is 2.02. The zero-order chi connectivity index (χ0) is 13.8. The van der Waals surface area contributed by atoms with Crippen molar-refractivity contribution in [2.45, 2.75) is 58.5 Å². The maximum absolute atomic E-state index is 3.87. The van der Waals surface area contributed by atoms with Gasteiger partial charge in [-0.25, -0.2) is 0 Å². The van der Waals surface area contributed by atoms with Gasteiger partial charge in [-0.2, -0.15) is 0 Å². The Morgan fingerprint density at radius 3 is 2.58 bits per heavy atom. The normalized spacial score (nSPS) is 25.5. The summed E-state index contributed by atoms with van der Waals surface area (Å²) >= 11 is 3.56. The zero-order valence-electron chi connectivity index (χ0n) is 12.3. The molecule has 1 fully saturated rings. The predicted octanol–water partition coefficient (Wildman–Crippen LogP) is 5.31. The molecule has 2 rings (SSSR count). The average Bonchev–Trinajstić information content (AvgIpc) is 2.39. The predicted molar refractivity (Wildman–Crippen MR) is 86.3 cm³/mol. The van der Waals surface area contributed by atoms with Crippen molar-refractivity contribution in [2.24, 2.45) is 11.8 Å². The molecule has 0 aliphatic heterocycles. The summed E-state index contributed by atoms with van der Waals surface area (Å²) in [6.07, 6.45) is 5.51. The Morgan fingerprint density at radius 2 is 1.89 bits per heavy atom. The molecule has 0 spiro atoms. The third-order valence-corrected chi connectivity index (χ3v) is 4.98. The first-order valence-corrected chi connectivity index (χ1v) is 8.38. The van der Waals surface area contributed by atoms with Gasteiger partial charge in [-0.3, -0.25) is 0 Å². The molecule has 2 heteroatoms. The van der Waals surface area contributed by atoms with Gasteiger partial charge in [0.25, 0.3) is 0 Å². The number of hydrogen-bond donors (Lipinski definition) is 1. The van der Waals surface area contributed by atoms with Crippen LogP contribution in [0.4, 0.5) is 0 Å². The quantitative estimate of drug-likeness (QED) is 0.791. The van der Waals surface area contributed by atoms with Crippen LogP contribution in [0, 0.1) is 11.8 Å². The van der Waals surface area contributed by atoms with Crippen LogP contribution in [-0.2, 0) is 0 Å². The Morgan fingerprint density at radius 1 is 1.16 bits per heavy atom. The van der Waals surface area contributed by atoms with Crippen molar-refractivity contribution in [1.82, 2.24) is 5.32 Å². The average molecular weight is 324 g/mol. The van der Waals surface area contributed by atoms with Crippen molar-refractivity contribution < 1.29 is 0 Å². The largest absolute Gasteiger partial charge is 0.307 e. The number of nitrogens with one attached hydrogen (secondary N) is 1. The van der Waals surface area contributed by atoms with E-state index >= 15 is 0 Å². The summed E-state index contributed by atoms with van der Waals surface area (Å²) in [6, 6.07) is 9.77. The molecule has 0 radical (unpaired) electrons. The summed E-state index contributed by atoms with van der Waals surface area (Å²) in [6.45, 7) is 7.02. The first kappa shape index (κ1) is 15.1. The Kier molecular flexibility index (Phi) is 5.47. The molecule has 1 N–H and O–H groups in total. The molecule has 1 nitrogen and oxygen atoms in total. The Labute approximate surface area is 126 Å². The molecular formula is C17H26BrN. The molecule has 1 saturated carbocycles. The van der Waals surface area contributed by atoms with E-state index < -0.39 is 0 Å². The summed E-state index contributed by atoms with van der Waals surface area (Å²) < 4.78 is 1.17. The van der Waals surface area contributed by atoms with E-state index in [0.29, 0.717) is 12.1 Å². The molecule has 2 unspecified atom stereocenters. The van der Waals surface area contributed by atoms with Crippen LogP contribution in [-0.4, -0.2) is 6.04 Å². The fourth-order valence-corrected chi connectivity index (χ4v) is 3.77. The number of hydrogen-bond acceptors (Lipinski definition) is 1. The summed E-state index contributed by atoms with van der Waals surface area (Å²) in [5.74, 6) is 1.62. The van der Waals surface area contributed by atoms with E-state index in [4.69, 9.17) is 0 Å². The van der Waals surface area contributed by atoms with Crippen molar-refractivity contribution in [3.63, 3.8) is 0 Å². The van der Waals surface area contributed by atoms with E-state index in [1.807, 2.05) is 0 Å². The van der Waals surface area contributed by atoms with Gasteiger partial charge in [0.05, 0.1) is 0 Å². The first-order chi connectivity index (χ1) is 9.08. The van der Waals surface area contributed by atoms with Gasteiger partial charge in [-0.15, -0.1) is 0 Å². The van der Waals surface area contributed by atoms with Gasteiger partial charge in [0.1, 0.15) is 0 Å². The summed E-state index contributed by atoms with van der Waals surface area (Å²) in [5.41, 5.74) is 1.38. The summed E-state index contributed by atoms with van der Waals surface area (Å²) in [4.78, 5) is 0. The van der Waals surface area contributed by atoms with Gasteiger partial charge in [-0.05, 0) is 49.3 Å². The van der Waals surface area contributed by atoms with Crippen LogP contribution in [0.3, 0.4) is 0 Å². The highest BCUT2D eigenvalue weighted by molar-refractivity contribution is 9.10. The SMILES string of the molecule is CC(C)C1CCCCC1N[C@H](C)c1cccc(Br)c1. The second-order valence-electron chi connectivity index (χ2n) is 6.24. The molecule has 1 aliphatic rings. The van der Waals surface area contributed by atoms with Gasteiger partial charge in [0.15, 0.2) is 0 Å². The molecular weight excluding hydrogens is 298 g/mol. The van der Waals surface area contributed by atoms with Crippen LogP contribution in [0.2, 0.25) is 0 Å². The third-order valence-electron chi connectivity index (χ3n) is 4.49. The lowest BCUT2D eigenvalue weighted by Crippen LogP contribution is -2.42. The number of halogens is 1. The highest BCUT2D eigenvalue weighted by atomic mass is 79.9. The Hall–Kier alpha value is -0.340. The fourth-order valence-electron chi connectivity index (χ4n) is 3.36. The molecule has 1 aromatic rings. The smallest absolute Gasteiger partial charge is 0.0294 e. The van der Waals surface area contributed by atoms with E-state index in [-0.39, 0.29) is 0 Å². The summed E-state index contributed by atoms with van der Waals surface area (Å²) in [5, 5.41) is 3.87. The molecule has 0 saturated heterocycles. The van der Waals surface area contributed by atoms with Gasteiger partial charge in [0.2, 0.25) is 0 Å².